The van der Waals surface area contributed by atoms with Crippen molar-refractivity contribution in [2.24, 2.45) is 5.92 Å². The lowest BCUT2D eigenvalue weighted by atomic mass is 9.86. The quantitative estimate of drug-likeness (QED) is 0.837. The molecule has 0 amide bonds. The minimum atomic E-state index is 0.154. The molecule has 2 aromatic rings. The highest BCUT2D eigenvalue weighted by Crippen LogP contribution is 2.27. The Morgan fingerprint density at radius 3 is 2.63 bits per heavy atom. The van der Waals surface area contributed by atoms with Gasteiger partial charge in [-0.15, -0.1) is 0 Å². The SMILES string of the molecule is CCN1CCN(c2ncc3c(n2)CC(/C=C/c2ccccc2)CC3=O)CC1. The summed E-state index contributed by atoms with van der Waals surface area (Å²) < 4.78 is 0. The summed E-state index contributed by atoms with van der Waals surface area (Å²) in [7, 11) is 0. The van der Waals surface area contributed by atoms with Gasteiger partial charge < -0.3 is 9.80 Å². The van der Waals surface area contributed by atoms with E-state index in [0.29, 0.717) is 12.0 Å². The molecule has 4 rings (SSSR count). The molecule has 2 aliphatic rings. The van der Waals surface area contributed by atoms with Gasteiger partial charge in [0.1, 0.15) is 0 Å². The highest BCUT2D eigenvalue weighted by atomic mass is 16.1. The lowest BCUT2D eigenvalue weighted by molar-refractivity contribution is 0.0957. The topological polar surface area (TPSA) is 49.3 Å². The number of anilines is 1. The molecule has 1 aliphatic heterocycles. The number of hydrogen-bond donors (Lipinski definition) is 0. The summed E-state index contributed by atoms with van der Waals surface area (Å²) in [5, 5.41) is 0. The number of hydrogen-bond acceptors (Lipinski definition) is 5. The van der Waals surface area contributed by atoms with E-state index in [4.69, 9.17) is 4.98 Å². The van der Waals surface area contributed by atoms with Crippen LogP contribution in [0.1, 0.15) is 35.0 Å². The third-order valence-corrected chi connectivity index (χ3v) is 5.52. The van der Waals surface area contributed by atoms with Gasteiger partial charge in [0.25, 0.3) is 0 Å². The summed E-state index contributed by atoms with van der Waals surface area (Å²) in [5.41, 5.74) is 2.76. The maximum Gasteiger partial charge on any atom is 0.225 e. The van der Waals surface area contributed by atoms with Gasteiger partial charge in [0.2, 0.25) is 5.95 Å². The van der Waals surface area contributed by atoms with Crippen LogP contribution in [0.2, 0.25) is 0 Å². The Balaban J connectivity index is 1.49. The number of benzene rings is 1. The maximum absolute atomic E-state index is 12.5. The first-order valence-corrected chi connectivity index (χ1v) is 9.82. The highest BCUT2D eigenvalue weighted by Gasteiger charge is 2.27. The van der Waals surface area contributed by atoms with Gasteiger partial charge >= 0.3 is 0 Å². The third kappa shape index (κ3) is 4.08. The Morgan fingerprint density at radius 2 is 1.89 bits per heavy atom. The van der Waals surface area contributed by atoms with E-state index in [-0.39, 0.29) is 11.7 Å². The minimum Gasteiger partial charge on any atom is -0.338 e. The first-order chi connectivity index (χ1) is 13.2. The average molecular weight is 362 g/mol. The predicted molar refractivity (Wildman–Crippen MR) is 108 cm³/mol. The Bertz CT molecular complexity index is 825. The molecule has 2 heterocycles. The number of allylic oxidation sites excluding steroid dienone is 1. The summed E-state index contributed by atoms with van der Waals surface area (Å²) in [6.45, 7) is 7.25. The molecule has 1 saturated heterocycles. The summed E-state index contributed by atoms with van der Waals surface area (Å²) in [4.78, 5) is 26.5. The standard InChI is InChI=1S/C22H26N4O/c1-2-25-10-12-26(13-11-25)22-23-16-19-20(24-22)14-18(15-21(19)27)9-8-17-6-4-3-5-7-17/h3-9,16,18H,2,10-15H2,1H3/b9-8+. The molecule has 1 aromatic heterocycles. The fourth-order valence-electron chi connectivity index (χ4n) is 3.83. The van der Waals surface area contributed by atoms with Crippen LogP contribution in [0, 0.1) is 5.92 Å². The Kier molecular flexibility index (Phi) is 5.30. The largest absolute Gasteiger partial charge is 0.338 e. The monoisotopic (exact) mass is 362 g/mol. The molecule has 0 saturated carbocycles. The zero-order valence-electron chi connectivity index (χ0n) is 15.8. The lowest BCUT2D eigenvalue weighted by Crippen LogP contribution is -2.46. The molecule has 1 fully saturated rings. The fraction of sp³-hybridized carbons (Fsp3) is 0.409. The average Bonchev–Trinajstić information content (AvgIpc) is 2.73. The number of likely N-dealkylation sites (N-methyl/N-ethyl adjacent to an activating group) is 1. The summed E-state index contributed by atoms with van der Waals surface area (Å²) in [6, 6.07) is 10.2. The number of carbonyl (C=O) groups excluding carboxylic acids is 1. The van der Waals surface area contributed by atoms with E-state index in [2.05, 4.69) is 46.0 Å². The van der Waals surface area contributed by atoms with Gasteiger partial charge in [0, 0.05) is 38.8 Å². The van der Waals surface area contributed by atoms with E-state index in [0.717, 1.165) is 56.4 Å². The van der Waals surface area contributed by atoms with Crippen LogP contribution in [0.25, 0.3) is 6.08 Å². The van der Waals surface area contributed by atoms with Crippen LogP contribution >= 0.6 is 0 Å². The fourth-order valence-corrected chi connectivity index (χ4v) is 3.83. The molecule has 1 aliphatic carbocycles. The normalized spacial score (nSPS) is 20.9. The number of piperazine rings is 1. The lowest BCUT2D eigenvalue weighted by Gasteiger charge is -2.34. The van der Waals surface area contributed by atoms with Gasteiger partial charge in [-0.25, -0.2) is 9.97 Å². The Morgan fingerprint density at radius 1 is 1.11 bits per heavy atom. The van der Waals surface area contributed by atoms with Crippen LogP contribution in [0.15, 0.2) is 42.6 Å². The Labute approximate surface area is 160 Å². The van der Waals surface area contributed by atoms with Crippen LogP contribution in [0.4, 0.5) is 5.95 Å². The van der Waals surface area contributed by atoms with Crippen molar-refractivity contribution in [3.05, 3.63) is 59.4 Å². The maximum atomic E-state index is 12.5. The highest BCUT2D eigenvalue weighted by molar-refractivity contribution is 5.98. The number of fused-ring (bicyclic) bond motifs is 1. The van der Waals surface area contributed by atoms with E-state index in [1.54, 1.807) is 6.20 Å². The molecule has 27 heavy (non-hydrogen) atoms. The second-order valence-electron chi connectivity index (χ2n) is 7.31. The second-order valence-corrected chi connectivity index (χ2v) is 7.31. The van der Waals surface area contributed by atoms with Crippen molar-refractivity contribution in [2.75, 3.05) is 37.6 Å². The van der Waals surface area contributed by atoms with Gasteiger partial charge in [0.15, 0.2) is 5.78 Å². The number of nitrogens with zero attached hydrogens (tertiary/aromatic N) is 4. The van der Waals surface area contributed by atoms with E-state index >= 15 is 0 Å². The first kappa shape index (κ1) is 17.9. The van der Waals surface area contributed by atoms with E-state index in [1.165, 1.54) is 0 Å². The van der Waals surface area contributed by atoms with Crippen LogP contribution in [-0.4, -0.2) is 53.4 Å². The molecule has 5 nitrogen and oxygen atoms in total. The zero-order chi connectivity index (χ0) is 18.6. The van der Waals surface area contributed by atoms with Gasteiger partial charge in [-0.2, -0.15) is 0 Å². The van der Waals surface area contributed by atoms with E-state index in [1.807, 2.05) is 18.2 Å². The third-order valence-electron chi connectivity index (χ3n) is 5.52. The molecular formula is C22H26N4O. The van der Waals surface area contributed by atoms with Crippen LogP contribution in [0.5, 0.6) is 0 Å². The number of Topliss-reactive ketones (excluding diaryl/α,β-unsaturated/α-hetero) is 1. The number of carbonyl (C=O) groups is 1. The molecular weight excluding hydrogens is 336 g/mol. The Hall–Kier alpha value is -2.53. The summed E-state index contributed by atoms with van der Waals surface area (Å²) in [6.07, 6.45) is 7.33. The van der Waals surface area contributed by atoms with Crippen molar-refractivity contribution < 1.29 is 4.79 Å². The molecule has 0 bridgehead atoms. The van der Waals surface area contributed by atoms with Crippen molar-refractivity contribution in [1.82, 2.24) is 14.9 Å². The zero-order valence-corrected chi connectivity index (χ0v) is 15.8. The van der Waals surface area contributed by atoms with Crippen molar-refractivity contribution in [1.29, 1.82) is 0 Å². The van der Waals surface area contributed by atoms with Crippen LogP contribution in [-0.2, 0) is 6.42 Å². The summed E-state index contributed by atoms with van der Waals surface area (Å²) in [5.74, 6) is 1.12. The molecule has 0 radical (unpaired) electrons. The van der Waals surface area contributed by atoms with Crippen molar-refractivity contribution >= 4 is 17.8 Å². The van der Waals surface area contributed by atoms with E-state index < -0.39 is 0 Å². The van der Waals surface area contributed by atoms with Gasteiger partial charge in [-0.05, 0) is 24.4 Å². The molecule has 1 aromatic carbocycles. The number of rotatable bonds is 4. The molecule has 140 valence electrons. The van der Waals surface area contributed by atoms with E-state index in [9.17, 15) is 4.79 Å². The summed E-state index contributed by atoms with van der Waals surface area (Å²) >= 11 is 0. The van der Waals surface area contributed by atoms with Crippen molar-refractivity contribution in [2.45, 2.75) is 19.8 Å². The second kappa shape index (κ2) is 8.01. The van der Waals surface area contributed by atoms with Crippen LogP contribution < -0.4 is 4.90 Å². The molecule has 1 unspecified atom stereocenters. The van der Waals surface area contributed by atoms with Crippen molar-refractivity contribution in [3.63, 3.8) is 0 Å². The molecule has 5 heteroatoms. The van der Waals surface area contributed by atoms with Crippen molar-refractivity contribution in [3.8, 4) is 0 Å². The van der Waals surface area contributed by atoms with Gasteiger partial charge in [0.05, 0.1) is 11.3 Å². The molecule has 0 N–H and O–H groups in total. The van der Waals surface area contributed by atoms with Gasteiger partial charge in [-0.1, -0.05) is 49.4 Å². The number of aromatic nitrogens is 2. The first-order valence-electron chi connectivity index (χ1n) is 9.82. The van der Waals surface area contributed by atoms with Gasteiger partial charge in [-0.3, -0.25) is 4.79 Å². The predicted octanol–water partition coefficient (Wildman–Crippen LogP) is 3.08. The van der Waals surface area contributed by atoms with Crippen LogP contribution in [0.3, 0.4) is 0 Å². The number of ketones is 1. The molecule has 0 spiro atoms. The minimum absolute atomic E-state index is 0.154. The smallest absolute Gasteiger partial charge is 0.225 e. The molecule has 1 atom stereocenters.